The van der Waals surface area contributed by atoms with E-state index < -0.39 is 0 Å². The molecule has 2 aromatic heterocycles. The zero-order valence-corrected chi connectivity index (χ0v) is 10.3. The largest absolute Gasteiger partial charge is 0.313 e. The smallest absolute Gasteiger partial charge is 0.137 e. The highest BCUT2D eigenvalue weighted by Crippen LogP contribution is 2.21. The molecule has 3 heteroatoms. The molecule has 2 aromatic rings. The average molecular weight is 227 g/mol. The van der Waals surface area contributed by atoms with Crippen LogP contribution in [0.1, 0.15) is 23.4 Å². The number of imidazole rings is 1. The summed E-state index contributed by atoms with van der Waals surface area (Å²) in [6.45, 7) is 6.24. The molecule has 3 rings (SSSR count). The minimum atomic E-state index is 0.981. The van der Waals surface area contributed by atoms with Gasteiger partial charge in [0.1, 0.15) is 5.65 Å². The van der Waals surface area contributed by atoms with E-state index >= 15 is 0 Å². The van der Waals surface area contributed by atoms with Gasteiger partial charge in [-0.1, -0.05) is 6.08 Å². The quantitative estimate of drug-likeness (QED) is 0.810. The van der Waals surface area contributed by atoms with Crippen molar-refractivity contribution in [3.05, 3.63) is 41.4 Å². The molecule has 0 aliphatic carbocycles. The van der Waals surface area contributed by atoms with Gasteiger partial charge in [0.05, 0.1) is 5.69 Å². The van der Waals surface area contributed by atoms with Gasteiger partial charge in [-0.25, -0.2) is 4.98 Å². The number of fused-ring (bicyclic) bond motifs is 1. The van der Waals surface area contributed by atoms with E-state index in [0.717, 1.165) is 30.9 Å². The summed E-state index contributed by atoms with van der Waals surface area (Å²) in [7, 11) is 0. The van der Waals surface area contributed by atoms with E-state index in [1.807, 2.05) is 0 Å². The van der Waals surface area contributed by atoms with E-state index in [4.69, 9.17) is 0 Å². The topological polar surface area (TPSA) is 29.3 Å². The molecule has 0 amide bonds. The molecule has 0 unspecified atom stereocenters. The van der Waals surface area contributed by atoms with Crippen LogP contribution in [0.2, 0.25) is 0 Å². The van der Waals surface area contributed by atoms with Gasteiger partial charge in [0.25, 0.3) is 0 Å². The van der Waals surface area contributed by atoms with Crippen LogP contribution in [-0.2, 0) is 0 Å². The fraction of sp³-hybridized carbons (Fsp3) is 0.357. The van der Waals surface area contributed by atoms with Crippen LogP contribution in [0.15, 0.2) is 24.4 Å². The van der Waals surface area contributed by atoms with Crippen molar-refractivity contribution in [2.75, 3.05) is 13.1 Å². The zero-order valence-electron chi connectivity index (χ0n) is 10.3. The first-order chi connectivity index (χ1) is 8.25. The first kappa shape index (κ1) is 10.5. The molecule has 17 heavy (non-hydrogen) atoms. The van der Waals surface area contributed by atoms with Gasteiger partial charge in [-0.3, -0.25) is 0 Å². The predicted molar refractivity (Wildman–Crippen MR) is 70.1 cm³/mol. The summed E-state index contributed by atoms with van der Waals surface area (Å²) in [6, 6.07) is 4.29. The Morgan fingerprint density at radius 1 is 1.29 bits per heavy atom. The molecule has 1 N–H and O–H groups in total. The van der Waals surface area contributed by atoms with Crippen LogP contribution in [0.5, 0.6) is 0 Å². The summed E-state index contributed by atoms with van der Waals surface area (Å²) < 4.78 is 2.19. The number of nitrogens with zero attached hydrogens (tertiary/aromatic N) is 2. The van der Waals surface area contributed by atoms with E-state index in [1.54, 1.807) is 0 Å². The Hall–Kier alpha value is -1.61. The van der Waals surface area contributed by atoms with Gasteiger partial charge in [-0.15, -0.1) is 0 Å². The van der Waals surface area contributed by atoms with E-state index in [0.29, 0.717) is 0 Å². The molecule has 0 spiro atoms. The third-order valence-corrected chi connectivity index (χ3v) is 3.53. The van der Waals surface area contributed by atoms with Gasteiger partial charge in [0.15, 0.2) is 0 Å². The Labute approximate surface area is 101 Å². The first-order valence-electron chi connectivity index (χ1n) is 6.11. The monoisotopic (exact) mass is 227 g/mol. The summed E-state index contributed by atoms with van der Waals surface area (Å²) in [4.78, 5) is 4.53. The van der Waals surface area contributed by atoms with Crippen molar-refractivity contribution in [3.63, 3.8) is 0 Å². The number of hydrogen-bond donors (Lipinski definition) is 1. The zero-order chi connectivity index (χ0) is 11.8. The standard InChI is InChI=1S/C14H17N3/c1-10-11(2)17-9-13(3-4-14(17)16-10)12-5-7-15-8-6-12/h3-5,9,15H,6-8H2,1-2H3. The number of hydrogen-bond acceptors (Lipinski definition) is 2. The number of nitrogens with one attached hydrogen (secondary N) is 1. The number of rotatable bonds is 1. The molecule has 3 heterocycles. The van der Waals surface area contributed by atoms with Crippen LogP contribution in [-0.4, -0.2) is 22.5 Å². The van der Waals surface area contributed by atoms with Gasteiger partial charge >= 0.3 is 0 Å². The lowest BCUT2D eigenvalue weighted by molar-refractivity contribution is 0.738. The van der Waals surface area contributed by atoms with Crippen LogP contribution >= 0.6 is 0 Å². The van der Waals surface area contributed by atoms with Crippen LogP contribution in [0.25, 0.3) is 11.2 Å². The SMILES string of the molecule is Cc1nc2ccc(C3=CCNCC3)cn2c1C. The van der Waals surface area contributed by atoms with Crippen molar-refractivity contribution in [2.45, 2.75) is 20.3 Å². The van der Waals surface area contributed by atoms with Crippen LogP contribution < -0.4 is 5.32 Å². The Morgan fingerprint density at radius 2 is 2.18 bits per heavy atom. The van der Waals surface area contributed by atoms with Gasteiger partial charge < -0.3 is 9.72 Å². The van der Waals surface area contributed by atoms with Crippen molar-refractivity contribution in [2.24, 2.45) is 0 Å². The first-order valence-corrected chi connectivity index (χ1v) is 6.11. The van der Waals surface area contributed by atoms with E-state index in [2.05, 4.69) is 53.0 Å². The van der Waals surface area contributed by atoms with Crippen LogP contribution in [0.4, 0.5) is 0 Å². The summed E-state index contributed by atoms with van der Waals surface area (Å²) >= 11 is 0. The predicted octanol–water partition coefficient (Wildman–Crippen LogP) is 2.33. The Bertz CT molecular complexity index is 593. The Balaban J connectivity index is 2.12. The molecule has 0 fully saturated rings. The summed E-state index contributed by atoms with van der Waals surface area (Å²) in [5, 5.41) is 3.34. The highest BCUT2D eigenvalue weighted by molar-refractivity contribution is 5.67. The van der Waals surface area contributed by atoms with Crippen molar-refractivity contribution < 1.29 is 0 Å². The van der Waals surface area contributed by atoms with E-state index in [9.17, 15) is 0 Å². The molecule has 0 saturated heterocycles. The second-order valence-corrected chi connectivity index (χ2v) is 4.61. The number of aryl methyl sites for hydroxylation is 2. The number of aromatic nitrogens is 2. The molecule has 1 aliphatic rings. The fourth-order valence-electron chi connectivity index (χ4n) is 2.35. The molecule has 0 bridgehead atoms. The molecule has 88 valence electrons. The molecule has 3 nitrogen and oxygen atoms in total. The van der Waals surface area contributed by atoms with Crippen LogP contribution in [0, 0.1) is 13.8 Å². The summed E-state index contributed by atoms with van der Waals surface area (Å²) in [5.74, 6) is 0. The van der Waals surface area contributed by atoms with Crippen molar-refractivity contribution in [1.82, 2.24) is 14.7 Å². The third-order valence-electron chi connectivity index (χ3n) is 3.53. The Morgan fingerprint density at radius 3 is 2.94 bits per heavy atom. The van der Waals surface area contributed by atoms with E-state index in [1.165, 1.54) is 16.8 Å². The second kappa shape index (κ2) is 4.00. The van der Waals surface area contributed by atoms with Gasteiger partial charge in [0.2, 0.25) is 0 Å². The lowest BCUT2D eigenvalue weighted by Crippen LogP contribution is -2.20. The maximum absolute atomic E-state index is 4.53. The molecule has 0 aromatic carbocycles. The van der Waals surface area contributed by atoms with E-state index in [-0.39, 0.29) is 0 Å². The molecule has 0 saturated carbocycles. The lowest BCUT2D eigenvalue weighted by Gasteiger charge is -2.14. The maximum Gasteiger partial charge on any atom is 0.137 e. The minimum Gasteiger partial charge on any atom is -0.313 e. The molecule has 0 radical (unpaired) electrons. The van der Waals surface area contributed by atoms with Crippen molar-refractivity contribution >= 4 is 11.2 Å². The molecular formula is C14H17N3. The average Bonchev–Trinajstić information content (AvgIpc) is 2.66. The Kier molecular flexibility index (Phi) is 2.48. The lowest BCUT2D eigenvalue weighted by atomic mass is 10.0. The van der Waals surface area contributed by atoms with Gasteiger partial charge in [-0.2, -0.15) is 0 Å². The molecule has 1 aliphatic heterocycles. The van der Waals surface area contributed by atoms with Gasteiger partial charge in [-0.05, 0) is 50.1 Å². The summed E-state index contributed by atoms with van der Waals surface area (Å²) in [5.41, 5.74) is 6.15. The second-order valence-electron chi connectivity index (χ2n) is 4.61. The normalized spacial score (nSPS) is 16.2. The fourth-order valence-corrected chi connectivity index (χ4v) is 2.35. The van der Waals surface area contributed by atoms with Crippen molar-refractivity contribution in [1.29, 1.82) is 0 Å². The van der Waals surface area contributed by atoms with Crippen molar-refractivity contribution in [3.8, 4) is 0 Å². The third kappa shape index (κ3) is 1.76. The summed E-state index contributed by atoms with van der Waals surface area (Å²) in [6.07, 6.45) is 5.60. The number of pyridine rings is 1. The highest BCUT2D eigenvalue weighted by Gasteiger charge is 2.09. The molecular weight excluding hydrogens is 210 g/mol. The van der Waals surface area contributed by atoms with Gasteiger partial charge in [0, 0.05) is 18.4 Å². The van der Waals surface area contributed by atoms with Crippen LogP contribution in [0.3, 0.4) is 0 Å². The highest BCUT2D eigenvalue weighted by atomic mass is 15.0. The minimum absolute atomic E-state index is 0.981. The maximum atomic E-state index is 4.53. The molecule has 0 atom stereocenters.